The number of rotatable bonds is 1. The van der Waals surface area contributed by atoms with Crippen molar-refractivity contribution in [3.63, 3.8) is 0 Å². The van der Waals surface area contributed by atoms with Gasteiger partial charge in [-0.05, 0) is 74.2 Å². The molecule has 3 aromatic rings. The summed E-state index contributed by atoms with van der Waals surface area (Å²) < 4.78 is 5.60. The molecule has 2 saturated heterocycles. The third-order valence-corrected chi connectivity index (χ3v) is 7.40. The van der Waals surface area contributed by atoms with Gasteiger partial charge in [-0.2, -0.15) is 0 Å². The molecule has 0 aliphatic carbocycles. The summed E-state index contributed by atoms with van der Waals surface area (Å²) in [6.45, 7) is 5.46. The van der Waals surface area contributed by atoms with Crippen molar-refractivity contribution in [1.29, 1.82) is 0 Å². The van der Waals surface area contributed by atoms with Crippen LogP contribution < -0.4 is 15.5 Å². The molecular formula is C28H33N7O2. The Morgan fingerprint density at radius 2 is 1.86 bits per heavy atom. The quantitative estimate of drug-likeness (QED) is 0.527. The number of carbonyl (C=O) groups excluding carboxylic acids is 1. The number of anilines is 3. The molecule has 0 saturated carbocycles. The lowest BCUT2D eigenvalue weighted by Gasteiger charge is -2.32. The van der Waals surface area contributed by atoms with Crippen LogP contribution in [0.2, 0.25) is 0 Å². The van der Waals surface area contributed by atoms with Crippen LogP contribution in [0.25, 0.3) is 11.3 Å². The number of aromatic nitrogens is 3. The molecule has 9 nitrogen and oxygen atoms in total. The van der Waals surface area contributed by atoms with Crippen LogP contribution in [0.15, 0.2) is 48.8 Å². The molecule has 1 unspecified atom stereocenters. The van der Waals surface area contributed by atoms with Gasteiger partial charge in [0, 0.05) is 61.2 Å². The molecule has 192 valence electrons. The number of hydrogen-bond acceptors (Lipinski definition) is 8. The molecule has 9 heteroatoms. The molecule has 0 spiro atoms. The molecule has 1 atom stereocenters. The second-order valence-corrected chi connectivity index (χ2v) is 9.89. The predicted octanol–water partition coefficient (Wildman–Crippen LogP) is 3.15. The van der Waals surface area contributed by atoms with Crippen molar-refractivity contribution in [2.45, 2.75) is 38.3 Å². The summed E-state index contributed by atoms with van der Waals surface area (Å²) in [4.78, 5) is 31.7. The summed E-state index contributed by atoms with van der Waals surface area (Å²) in [5.74, 6) is 0.686. The Bertz CT molecular complexity index is 1260. The van der Waals surface area contributed by atoms with Crippen molar-refractivity contribution >= 4 is 23.2 Å². The summed E-state index contributed by atoms with van der Waals surface area (Å²) >= 11 is 0. The summed E-state index contributed by atoms with van der Waals surface area (Å²) in [5, 5.41) is 6.60. The topological polar surface area (TPSA) is 95.5 Å². The van der Waals surface area contributed by atoms with Crippen molar-refractivity contribution in [1.82, 2.24) is 25.2 Å². The zero-order valence-corrected chi connectivity index (χ0v) is 21.0. The normalized spacial score (nSPS) is 20.8. The summed E-state index contributed by atoms with van der Waals surface area (Å²) in [5.41, 5.74) is 6.18. The zero-order chi connectivity index (χ0) is 25.0. The van der Waals surface area contributed by atoms with E-state index in [0.717, 1.165) is 87.7 Å². The molecule has 0 radical (unpaired) electrons. The van der Waals surface area contributed by atoms with Crippen LogP contribution in [0.5, 0.6) is 0 Å². The number of amides is 1. The van der Waals surface area contributed by atoms with E-state index < -0.39 is 0 Å². The Hall–Kier alpha value is -3.56. The van der Waals surface area contributed by atoms with Gasteiger partial charge in [0.25, 0.3) is 0 Å². The van der Waals surface area contributed by atoms with E-state index in [1.165, 1.54) is 11.3 Å². The van der Waals surface area contributed by atoms with E-state index in [4.69, 9.17) is 9.72 Å². The molecule has 37 heavy (non-hydrogen) atoms. The highest BCUT2D eigenvalue weighted by atomic mass is 16.5. The Morgan fingerprint density at radius 3 is 2.78 bits per heavy atom. The molecule has 6 rings (SSSR count). The van der Waals surface area contributed by atoms with Crippen LogP contribution in [0.1, 0.15) is 30.5 Å². The van der Waals surface area contributed by atoms with E-state index in [-0.39, 0.29) is 11.9 Å². The average Bonchev–Trinajstić information content (AvgIpc) is 3.40. The van der Waals surface area contributed by atoms with Crippen LogP contribution in [0.3, 0.4) is 0 Å². The first kappa shape index (κ1) is 23.8. The van der Waals surface area contributed by atoms with E-state index in [1.54, 1.807) is 6.20 Å². The maximum Gasteiger partial charge on any atom is 0.237 e. The van der Waals surface area contributed by atoms with E-state index in [9.17, 15) is 4.79 Å². The fourth-order valence-corrected chi connectivity index (χ4v) is 5.52. The monoisotopic (exact) mass is 499 g/mol. The maximum absolute atomic E-state index is 13.2. The molecule has 2 N–H and O–H groups in total. The average molecular weight is 500 g/mol. The molecule has 1 aromatic carbocycles. The first-order chi connectivity index (χ1) is 18.2. The Morgan fingerprint density at radius 1 is 0.973 bits per heavy atom. The second-order valence-electron chi connectivity index (χ2n) is 9.89. The number of nitrogens with one attached hydrogen (secondary N) is 2. The fourth-order valence-electron chi connectivity index (χ4n) is 5.52. The summed E-state index contributed by atoms with van der Waals surface area (Å²) in [7, 11) is 0. The number of aryl methyl sites for hydroxylation is 1. The minimum absolute atomic E-state index is 0.102. The van der Waals surface area contributed by atoms with E-state index in [1.807, 2.05) is 18.3 Å². The van der Waals surface area contributed by atoms with Crippen molar-refractivity contribution in [3.05, 3.63) is 60.0 Å². The highest BCUT2D eigenvalue weighted by Gasteiger charge is 2.31. The summed E-state index contributed by atoms with van der Waals surface area (Å²) in [6, 6.07) is 12.3. The van der Waals surface area contributed by atoms with Gasteiger partial charge in [-0.3, -0.25) is 14.7 Å². The van der Waals surface area contributed by atoms with Gasteiger partial charge in [0.15, 0.2) is 0 Å². The van der Waals surface area contributed by atoms with Crippen molar-refractivity contribution in [2.75, 3.05) is 49.6 Å². The SMILES string of the molecule is O=C1NCCCc2cc(ccn2)-c2ccnc(n2)Nc2ccc(N3CCOCC3)c(c2)CN2CCCC12. The molecule has 5 heterocycles. The smallest absolute Gasteiger partial charge is 0.237 e. The van der Waals surface area contributed by atoms with Crippen LogP contribution in [0, 0.1) is 0 Å². The van der Waals surface area contributed by atoms with Crippen LogP contribution >= 0.6 is 0 Å². The lowest BCUT2D eigenvalue weighted by atomic mass is 10.1. The van der Waals surface area contributed by atoms with Crippen molar-refractivity contribution in [3.8, 4) is 11.3 Å². The molecule has 6 bridgehead atoms. The molecule has 2 fully saturated rings. The third kappa shape index (κ3) is 5.42. The standard InChI is InChI=1S/C28H33N7O2/c36-27-26-4-2-12-35(26)19-21-18-23(5-6-25(21)34-13-15-37-16-14-34)32-28-31-11-8-24(33-28)20-7-10-29-22(17-20)3-1-9-30-27/h5-8,10-11,17-18,26H,1-4,9,12-16,19H2,(H,30,36)(H,31,32,33). The molecule has 3 aliphatic rings. The van der Waals surface area contributed by atoms with Gasteiger partial charge in [0.2, 0.25) is 11.9 Å². The van der Waals surface area contributed by atoms with E-state index in [2.05, 4.69) is 54.7 Å². The second kappa shape index (κ2) is 10.8. The van der Waals surface area contributed by atoms with Gasteiger partial charge in [0.1, 0.15) is 0 Å². The Kier molecular flexibility index (Phi) is 6.96. The number of nitrogens with zero attached hydrogens (tertiary/aromatic N) is 5. The zero-order valence-electron chi connectivity index (χ0n) is 21.0. The highest BCUT2D eigenvalue weighted by molar-refractivity contribution is 5.82. The predicted molar refractivity (Wildman–Crippen MR) is 143 cm³/mol. The van der Waals surface area contributed by atoms with Crippen LogP contribution in [-0.4, -0.2) is 71.2 Å². The number of carbonyl (C=O) groups is 1. The fraction of sp³-hybridized carbons (Fsp3) is 0.429. The van der Waals surface area contributed by atoms with Gasteiger partial charge in [0.05, 0.1) is 24.9 Å². The van der Waals surface area contributed by atoms with Gasteiger partial charge in [-0.1, -0.05) is 0 Å². The lowest BCUT2D eigenvalue weighted by molar-refractivity contribution is -0.125. The number of benzene rings is 1. The number of pyridine rings is 1. The minimum Gasteiger partial charge on any atom is -0.378 e. The van der Waals surface area contributed by atoms with Crippen molar-refractivity contribution in [2.24, 2.45) is 0 Å². The summed E-state index contributed by atoms with van der Waals surface area (Å²) in [6.07, 6.45) is 7.17. The first-order valence-corrected chi connectivity index (χ1v) is 13.3. The van der Waals surface area contributed by atoms with Gasteiger partial charge in [-0.25, -0.2) is 9.97 Å². The maximum atomic E-state index is 13.2. The first-order valence-electron chi connectivity index (χ1n) is 13.3. The van der Waals surface area contributed by atoms with Gasteiger partial charge in [-0.15, -0.1) is 0 Å². The lowest BCUT2D eigenvalue weighted by Crippen LogP contribution is -2.43. The number of morpholine rings is 1. The molecule has 1 amide bonds. The van der Waals surface area contributed by atoms with Gasteiger partial charge >= 0.3 is 0 Å². The third-order valence-electron chi connectivity index (χ3n) is 7.40. The Labute approximate surface area is 217 Å². The largest absolute Gasteiger partial charge is 0.378 e. The van der Waals surface area contributed by atoms with E-state index >= 15 is 0 Å². The number of fused-ring (bicyclic) bond motifs is 8. The van der Waals surface area contributed by atoms with Gasteiger partial charge < -0.3 is 20.3 Å². The van der Waals surface area contributed by atoms with E-state index in [0.29, 0.717) is 12.5 Å². The van der Waals surface area contributed by atoms with Crippen LogP contribution in [0.4, 0.5) is 17.3 Å². The highest BCUT2D eigenvalue weighted by Crippen LogP contribution is 2.30. The van der Waals surface area contributed by atoms with Crippen molar-refractivity contribution < 1.29 is 9.53 Å². The molecule has 3 aliphatic heterocycles. The van der Waals surface area contributed by atoms with Crippen LogP contribution in [-0.2, 0) is 22.5 Å². The molecule has 2 aromatic heterocycles. The molecular weight excluding hydrogens is 466 g/mol. The number of ether oxygens (including phenoxy) is 1. The number of hydrogen-bond donors (Lipinski definition) is 2. The Balaban J connectivity index is 1.37. The minimum atomic E-state index is -0.102.